The van der Waals surface area contributed by atoms with Crippen molar-refractivity contribution in [1.29, 1.82) is 0 Å². The number of nitrogens with one attached hydrogen (secondary N) is 1. The number of carbonyl (C=O) groups is 2. The smallest absolute Gasteiger partial charge is 0.308 e. The van der Waals surface area contributed by atoms with Crippen molar-refractivity contribution in [1.82, 2.24) is 5.32 Å². The Balaban J connectivity index is 2.03. The molecule has 1 atom stereocenters. The number of aliphatic carboxylic acids is 1. The van der Waals surface area contributed by atoms with Crippen molar-refractivity contribution in [3.8, 4) is 5.75 Å². The minimum Gasteiger partial charge on any atom is -0.490 e. The third kappa shape index (κ3) is 5.86. The van der Waals surface area contributed by atoms with Gasteiger partial charge in [-0.2, -0.15) is 0 Å². The molecule has 1 unspecified atom stereocenters. The molecule has 1 aromatic rings. The number of carbonyl (C=O) groups excluding carboxylic acids is 1. The van der Waals surface area contributed by atoms with E-state index in [2.05, 4.69) is 5.32 Å². The fourth-order valence-corrected chi connectivity index (χ4v) is 3.08. The average molecular weight is 386 g/mol. The molecule has 26 heavy (non-hydrogen) atoms. The van der Waals surface area contributed by atoms with Gasteiger partial charge in [0.2, 0.25) is 0 Å². The average Bonchev–Trinajstić information content (AvgIpc) is 2.63. The lowest BCUT2D eigenvalue weighted by Crippen LogP contribution is -2.39. The third-order valence-electron chi connectivity index (χ3n) is 4.37. The molecule has 0 spiro atoms. The lowest BCUT2D eigenvalue weighted by molar-refractivity contribution is -0.144. The zero-order valence-corrected chi connectivity index (χ0v) is 15.5. The van der Waals surface area contributed by atoms with Crippen LogP contribution < -0.4 is 10.1 Å². The summed E-state index contributed by atoms with van der Waals surface area (Å²) in [5.74, 6) is -1.63. The van der Waals surface area contributed by atoms with Gasteiger partial charge in [-0.25, -0.2) is 0 Å². The molecule has 144 valence electrons. The Morgan fingerprint density at radius 3 is 2.73 bits per heavy atom. The highest BCUT2D eigenvalue weighted by atomic mass is 35.5. The van der Waals surface area contributed by atoms with Gasteiger partial charge in [0.15, 0.2) is 0 Å². The van der Waals surface area contributed by atoms with Gasteiger partial charge in [-0.15, -0.1) is 0 Å². The number of halogens is 1. The number of amides is 1. The van der Waals surface area contributed by atoms with E-state index in [9.17, 15) is 14.7 Å². The van der Waals surface area contributed by atoms with Crippen LogP contribution in [0.1, 0.15) is 23.2 Å². The van der Waals surface area contributed by atoms with Crippen molar-refractivity contribution in [3.63, 3.8) is 0 Å². The molecule has 0 aromatic heterocycles. The normalized spacial score (nSPS) is 16.1. The van der Waals surface area contributed by atoms with Crippen LogP contribution in [0.4, 0.5) is 0 Å². The zero-order valence-electron chi connectivity index (χ0n) is 14.7. The first-order valence-corrected chi connectivity index (χ1v) is 8.90. The standard InChI is InChI=1S/C18H24ClNO6/c1-24-8-9-26-16-3-2-13(19)10-14(16)17(21)20-11-15(18(22)23)12-4-6-25-7-5-12/h2-3,10,12,15H,4-9,11H2,1H3,(H,20,21)(H,22,23). The summed E-state index contributed by atoms with van der Waals surface area (Å²) in [6, 6.07) is 4.74. The number of ether oxygens (including phenoxy) is 3. The van der Waals surface area contributed by atoms with Gasteiger partial charge in [0, 0.05) is 31.9 Å². The zero-order chi connectivity index (χ0) is 18.9. The largest absolute Gasteiger partial charge is 0.490 e. The molecule has 1 aromatic carbocycles. The highest BCUT2D eigenvalue weighted by Gasteiger charge is 2.30. The van der Waals surface area contributed by atoms with Crippen LogP contribution in [-0.2, 0) is 14.3 Å². The first kappa shape index (κ1) is 20.5. The molecule has 1 amide bonds. The van der Waals surface area contributed by atoms with Crippen molar-refractivity contribution in [3.05, 3.63) is 28.8 Å². The fourth-order valence-electron chi connectivity index (χ4n) is 2.91. The van der Waals surface area contributed by atoms with Crippen LogP contribution in [-0.4, -0.2) is 57.1 Å². The van der Waals surface area contributed by atoms with Gasteiger partial charge in [-0.3, -0.25) is 9.59 Å². The molecule has 0 bridgehead atoms. The quantitative estimate of drug-likeness (QED) is 0.633. The SMILES string of the molecule is COCCOc1ccc(Cl)cc1C(=O)NCC(C(=O)O)C1CCOCC1. The molecule has 1 fully saturated rings. The van der Waals surface area contributed by atoms with Crippen LogP contribution in [0.25, 0.3) is 0 Å². The van der Waals surface area contributed by atoms with Crippen LogP contribution >= 0.6 is 11.6 Å². The number of hydrogen-bond acceptors (Lipinski definition) is 5. The van der Waals surface area contributed by atoms with E-state index in [4.69, 9.17) is 25.8 Å². The predicted molar refractivity (Wildman–Crippen MR) is 95.8 cm³/mol. The predicted octanol–water partition coefficient (Wildman–Crippen LogP) is 2.22. The number of methoxy groups -OCH3 is 1. The molecular weight excluding hydrogens is 362 g/mol. The van der Waals surface area contributed by atoms with Crippen molar-refractivity contribution >= 4 is 23.5 Å². The third-order valence-corrected chi connectivity index (χ3v) is 4.60. The molecule has 1 aliphatic heterocycles. The lowest BCUT2D eigenvalue weighted by Gasteiger charge is -2.27. The second-order valence-electron chi connectivity index (χ2n) is 6.09. The topological polar surface area (TPSA) is 94.1 Å². The summed E-state index contributed by atoms with van der Waals surface area (Å²) in [5.41, 5.74) is 0.268. The highest BCUT2D eigenvalue weighted by molar-refractivity contribution is 6.31. The molecule has 0 saturated carbocycles. The Labute approximate surface area is 157 Å². The number of rotatable bonds is 9. The number of hydrogen-bond donors (Lipinski definition) is 2. The molecule has 8 heteroatoms. The van der Waals surface area contributed by atoms with E-state index in [-0.39, 0.29) is 24.6 Å². The van der Waals surface area contributed by atoms with E-state index in [0.717, 1.165) is 0 Å². The van der Waals surface area contributed by atoms with Crippen LogP contribution in [0.3, 0.4) is 0 Å². The molecule has 0 radical (unpaired) electrons. The van der Waals surface area contributed by atoms with Gasteiger partial charge < -0.3 is 24.6 Å². The summed E-state index contributed by atoms with van der Waals surface area (Å²) >= 11 is 5.99. The molecule has 0 aliphatic carbocycles. The second kappa shape index (κ2) is 10.4. The summed E-state index contributed by atoms with van der Waals surface area (Å²) in [4.78, 5) is 24.2. The van der Waals surface area contributed by atoms with Crippen molar-refractivity contribution in [2.24, 2.45) is 11.8 Å². The summed E-state index contributed by atoms with van der Waals surface area (Å²) in [7, 11) is 1.56. The second-order valence-corrected chi connectivity index (χ2v) is 6.52. The molecule has 1 heterocycles. The van der Waals surface area contributed by atoms with Gasteiger partial charge >= 0.3 is 5.97 Å². The Hall–Kier alpha value is -1.83. The van der Waals surface area contributed by atoms with Gasteiger partial charge in [0.25, 0.3) is 5.91 Å². The number of benzene rings is 1. The molecule has 1 saturated heterocycles. The minimum absolute atomic E-state index is 0.0154. The van der Waals surface area contributed by atoms with Crippen LogP contribution in [0.5, 0.6) is 5.75 Å². The monoisotopic (exact) mass is 385 g/mol. The van der Waals surface area contributed by atoms with Crippen LogP contribution in [0.2, 0.25) is 5.02 Å². The summed E-state index contributed by atoms with van der Waals surface area (Å²) in [6.45, 7) is 1.82. The van der Waals surface area contributed by atoms with E-state index in [0.29, 0.717) is 43.4 Å². The van der Waals surface area contributed by atoms with E-state index >= 15 is 0 Å². The molecule has 2 rings (SSSR count). The first-order valence-electron chi connectivity index (χ1n) is 8.53. The Morgan fingerprint density at radius 1 is 1.35 bits per heavy atom. The van der Waals surface area contributed by atoms with E-state index < -0.39 is 17.8 Å². The maximum Gasteiger partial charge on any atom is 0.308 e. The Bertz CT molecular complexity index is 618. The maximum absolute atomic E-state index is 12.6. The fraction of sp³-hybridized carbons (Fsp3) is 0.556. The molecule has 1 aliphatic rings. The summed E-state index contributed by atoms with van der Waals surface area (Å²) < 4.78 is 15.8. The van der Waals surface area contributed by atoms with Crippen molar-refractivity contribution in [2.45, 2.75) is 12.8 Å². The van der Waals surface area contributed by atoms with Gasteiger partial charge in [0.1, 0.15) is 12.4 Å². The molecular formula is C18H24ClNO6. The number of carboxylic acids is 1. The van der Waals surface area contributed by atoms with E-state index in [1.165, 1.54) is 6.07 Å². The molecule has 7 nitrogen and oxygen atoms in total. The lowest BCUT2D eigenvalue weighted by atomic mass is 9.86. The van der Waals surface area contributed by atoms with Crippen LogP contribution in [0, 0.1) is 11.8 Å². The summed E-state index contributed by atoms with van der Waals surface area (Å²) in [5, 5.41) is 12.6. The Morgan fingerprint density at radius 2 is 2.08 bits per heavy atom. The van der Waals surface area contributed by atoms with Crippen LogP contribution in [0.15, 0.2) is 18.2 Å². The van der Waals surface area contributed by atoms with Crippen molar-refractivity contribution in [2.75, 3.05) is 40.1 Å². The number of carboxylic acid groups (broad SMARTS) is 1. The van der Waals surface area contributed by atoms with Gasteiger partial charge in [-0.1, -0.05) is 11.6 Å². The summed E-state index contributed by atoms with van der Waals surface area (Å²) in [6.07, 6.45) is 1.35. The highest BCUT2D eigenvalue weighted by Crippen LogP contribution is 2.25. The Kier molecular flexibility index (Phi) is 8.15. The van der Waals surface area contributed by atoms with E-state index in [1.807, 2.05) is 0 Å². The van der Waals surface area contributed by atoms with Gasteiger partial charge in [-0.05, 0) is 37.0 Å². The maximum atomic E-state index is 12.6. The minimum atomic E-state index is -0.917. The van der Waals surface area contributed by atoms with E-state index in [1.54, 1.807) is 19.2 Å². The molecule has 2 N–H and O–H groups in total. The van der Waals surface area contributed by atoms with Crippen molar-refractivity contribution < 1.29 is 28.9 Å². The first-order chi connectivity index (χ1) is 12.5. The van der Waals surface area contributed by atoms with Gasteiger partial charge in [0.05, 0.1) is 18.1 Å².